The van der Waals surface area contributed by atoms with Gasteiger partial charge in [-0.2, -0.15) is 0 Å². The van der Waals surface area contributed by atoms with Crippen LogP contribution < -0.4 is 9.47 Å². The third-order valence-electron chi connectivity index (χ3n) is 2.33. The quantitative estimate of drug-likeness (QED) is 0.806. The van der Waals surface area contributed by atoms with Crippen molar-refractivity contribution in [1.29, 1.82) is 0 Å². The summed E-state index contributed by atoms with van der Waals surface area (Å²) in [5, 5.41) is 9.64. The average Bonchev–Trinajstić information content (AvgIpc) is 2.27. The van der Waals surface area contributed by atoms with Gasteiger partial charge in [-0.1, -0.05) is 26.0 Å². The molecule has 1 aromatic rings. The van der Waals surface area contributed by atoms with Gasteiger partial charge in [0.25, 0.3) is 0 Å². The Balaban J connectivity index is 2.58. The van der Waals surface area contributed by atoms with Crippen molar-refractivity contribution < 1.29 is 14.6 Å². The maximum atomic E-state index is 9.64. The van der Waals surface area contributed by atoms with Crippen LogP contribution >= 0.6 is 0 Å². The van der Waals surface area contributed by atoms with Gasteiger partial charge >= 0.3 is 0 Å². The maximum absolute atomic E-state index is 9.64. The molecule has 3 heteroatoms. The van der Waals surface area contributed by atoms with Gasteiger partial charge in [0.15, 0.2) is 11.5 Å². The molecule has 16 heavy (non-hydrogen) atoms. The summed E-state index contributed by atoms with van der Waals surface area (Å²) >= 11 is 0. The number of para-hydroxylation sites is 2. The van der Waals surface area contributed by atoms with Crippen LogP contribution in [0.2, 0.25) is 0 Å². The lowest BCUT2D eigenvalue weighted by Crippen LogP contribution is -2.23. The van der Waals surface area contributed by atoms with Crippen LogP contribution in [0.25, 0.3) is 0 Å². The fourth-order valence-corrected chi connectivity index (χ4v) is 1.21. The van der Waals surface area contributed by atoms with Gasteiger partial charge in [0.05, 0.1) is 12.7 Å². The molecule has 0 heterocycles. The number of aliphatic hydroxyl groups is 1. The van der Waals surface area contributed by atoms with Gasteiger partial charge in [-0.25, -0.2) is 0 Å². The van der Waals surface area contributed by atoms with Crippen LogP contribution in [0.5, 0.6) is 11.5 Å². The fourth-order valence-electron chi connectivity index (χ4n) is 1.21. The molecular weight excluding hydrogens is 204 g/mol. The predicted molar refractivity (Wildman–Crippen MR) is 64.0 cm³/mol. The molecule has 0 saturated carbocycles. The zero-order valence-corrected chi connectivity index (χ0v) is 10.1. The number of benzene rings is 1. The summed E-state index contributed by atoms with van der Waals surface area (Å²) < 4.78 is 11.0. The van der Waals surface area contributed by atoms with E-state index < -0.39 is 6.10 Å². The lowest BCUT2D eigenvalue weighted by Gasteiger charge is -2.17. The second-order valence-corrected chi connectivity index (χ2v) is 4.00. The number of hydrogen-bond acceptors (Lipinski definition) is 3. The van der Waals surface area contributed by atoms with Gasteiger partial charge in [0.2, 0.25) is 0 Å². The molecule has 0 aliphatic rings. The van der Waals surface area contributed by atoms with Gasteiger partial charge in [0.1, 0.15) is 6.61 Å². The van der Waals surface area contributed by atoms with E-state index in [1.165, 1.54) is 0 Å². The fraction of sp³-hybridized carbons (Fsp3) is 0.538. The zero-order valence-electron chi connectivity index (χ0n) is 10.1. The Morgan fingerprint density at radius 1 is 1.12 bits per heavy atom. The summed E-state index contributed by atoms with van der Waals surface area (Å²) in [6.45, 7) is 6.75. The Bertz CT molecular complexity index is 310. The monoisotopic (exact) mass is 224 g/mol. The van der Waals surface area contributed by atoms with Crippen LogP contribution in [0, 0.1) is 5.92 Å². The van der Waals surface area contributed by atoms with E-state index in [9.17, 15) is 5.11 Å². The average molecular weight is 224 g/mol. The molecule has 0 bridgehead atoms. The summed E-state index contributed by atoms with van der Waals surface area (Å²) in [6, 6.07) is 7.50. The van der Waals surface area contributed by atoms with Crippen LogP contribution in [0.1, 0.15) is 20.8 Å². The van der Waals surface area contributed by atoms with Crippen molar-refractivity contribution in [3.63, 3.8) is 0 Å². The van der Waals surface area contributed by atoms with Crippen molar-refractivity contribution in [3.8, 4) is 11.5 Å². The topological polar surface area (TPSA) is 38.7 Å². The second kappa shape index (κ2) is 6.38. The van der Waals surface area contributed by atoms with Gasteiger partial charge in [-0.15, -0.1) is 0 Å². The minimum Gasteiger partial charge on any atom is -0.490 e. The third kappa shape index (κ3) is 3.74. The zero-order chi connectivity index (χ0) is 12.0. The van der Waals surface area contributed by atoms with E-state index in [-0.39, 0.29) is 5.92 Å². The predicted octanol–water partition coefficient (Wildman–Crippen LogP) is 2.48. The summed E-state index contributed by atoms with van der Waals surface area (Å²) in [5.41, 5.74) is 0. The molecule has 1 unspecified atom stereocenters. The Labute approximate surface area is 97.0 Å². The second-order valence-electron chi connectivity index (χ2n) is 4.00. The minimum absolute atomic E-state index is 0.194. The number of hydrogen-bond donors (Lipinski definition) is 1. The lowest BCUT2D eigenvalue weighted by molar-refractivity contribution is 0.0686. The molecular formula is C13H20O3. The molecule has 0 aromatic heterocycles. The summed E-state index contributed by atoms with van der Waals surface area (Å²) in [6.07, 6.45) is -0.449. The lowest BCUT2D eigenvalue weighted by atomic mass is 10.1. The molecule has 1 rings (SSSR count). The molecule has 0 saturated heterocycles. The van der Waals surface area contributed by atoms with E-state index in [0.717, 1.165) is 5.75 Å². The highest BCUT2D eigenvalue weighted by Gasteiger charge is 2.11. The van der Waals surface area contributed by atoms with Gasteiger partial charge in [0, 0.05) is 0 Å². The first-order chi connectivity index (χ1) is 7.65. The first kappa shape index (κ1) is 12.8. The molecule has 90 valence electrons. The largest absolute Gasteiger partial charge is 0.490 e. The van der Waals surface area contributed by atoms with Crippen LogP contribution in [0.4, 0.5) is 0 Å². The third-order valence-corrected chi connectivity index (χ3v) is 2.33. The molecule has 0 amide bonds. The Morgan fingerprint density at radius 2 is 1.69 bits per heavy atom. The van der Waals surface area contributed by atoms with Gasteiger partial charge < -0.3 is 14.6 Å². The molecule has 0 aliphatic heterocycles. The van der Waals surface area contributed by atoms with Crippen LogP contribution in [0.3, 0.4) is 0 Å². The number of rotatable bonds is 6. The first-order valence-corrected chi connectivity index (χ1v) is 5.67. The molecule has 0 spiro atoms. The van der Waals surface area contributed by atoms with E-state index in [2.05, 4.69) is 0 Å². The summed E-state index contributed by atoms with van der Waals surface area (Å²) in [5.74, 6) is 1.60. The molecule has 1 N–H and O–H groups in total. The van der Waals surface area contributed by atoms with Gasteiger partial charge in [-0.05, 0) is 25.0 Å². The van der Waals surface area contributed by atoms with E-state index in [1.807, 2.05) is 45.0 Å². The van der Waals surface area contributed by atoms with Crippen molar-refractivity contribution in [2.45, 2.75) is 26.9 Å². The van der Waals surface area contributed by atoms with Crippen molar-refractivity contribution in [2.75, 3.05) is 13.2 Å². The minimum atomic E-state index is -0.449. The number of aliphatic hydroxyl groups excluding tert-OH is 1. The van der Waals surface area contributed by atoms with E-state index in [0.29, 0.717) is 19.0 Å². The molecule has 0 fully saturated rings. The summed E-state index contributed by atoms with van der Waals surface area (Å²) in [7, 11) is 0. The standard InChI is InChI=1S/C13H20O3/c1-4-15-12-7-5-6-8-13(12)16-9-11(14)10(2)3/h5-8,10-11,14H,4,9H2,1-3H3. The van der Waals surface area contributed by atoms with Crippen molar-refractivity contribution >= 4 is 0 Å². The van der Waals surface area contributed by atoms with Gasteiger partial charge in [-0.3, -0.25) is 0 Å². The number of ether oxygens (including phenoxy) is 2. The molecule has 0 aliphatic carbocycles. The van der Waals surface area contributed by atoms with Crippen molar-refractivity contribution in [3.05, 3.63) is 24.3 Å². The Morgan fingerprint density at radius 3 is 2.19 bits per heavy atom. The molecule has 3 nitrogen and oxygen atoms in total. The highest BCUT2D eigenvalue weighted by atomic mass is 16.5. The molecule has 1 atom stereocenters. The van der Waals surface area contributed by atoms with E-state index in [4.69, 9.17) is 9.47 Å². The Hall–Kier alpha value is -1.22. The van der Waals surface area contributed by atoms with Crippen LogP contribution in [-0.2, 0) is 0 Å². The summed E-state index contributed by atoms with van der Waals surface area (Å²) in [4.78, 5) is 0. The van der Waals surface area contributed by atoms with Crippen molar-refractivity contribution in [2.24, 2.45) is 5.92 Å². The first-order valence-electron chi connectivity index (χ1n) is 5.67. The molecule has 1 aromatic carbocycles. The maximum Gasteiger partial charge on any atom is 0.161 e. The van der Waals surface area contributed by atoms with Crippen LogP contribution in [0.15, 0.2) is 24.3 Å². The highest BCUT2D eigenvalue weighted by molar-refractivity contribution is 5.39. The normalized spacial score (nSPS) is 12.6. The highest BCUT2D eigenvalue weighted by Crippen LogP contribution is 2.26. The van der Waals surface area contributed by atoms with Crippen LogP contribution in [-0.4, -0.2) is 24.4 Å². The van der Waals surface area contributed by atoms with E-state index >= 15 is 0 Å². The van der Waals surface area contributed by atoms with E-state index in [1.54, 1.807) is 0 Å². The smallest absolute Gasteiger partial charge is 0.161 e. The Kier molecular flexibility index (Phi) is 5.12. The molecule has 0 radical (unpaired) electrons. The SMILES string of the molecule is CCOc1ccccc1OCC(O)C(C)C. The van der Waals surface area contributed by atoms with Crippen molar-refractivity contribution in [1.82, 2.24) is 0 Å².